The number of amides is 2. The minimum atomic E-state index is -0.370. The Labute approximate surface area is 133 Å². The summed E-state index contributed by atoms with van der Waals surface area (Å²) in [4.78, 5) is 29.0. The first kappa shape index (κ1) is 14.8. The third kappa shape index (κ3) is 3.74. The van der Waals surface area contributed by atoms with Gasteiger partial charge in [-0.1, -0.05) is 12.1 Å². The van der Waals surface area contributed by atoms with Gasteiger partial charge in [-0.05, 0) is 35.9 Å². The van der Waals surface area contributed by atoms with E-state index in [1.807, 2.05) is 6.07 Å². The fraction of sp³-hybridized carbons (Fsp3) is 0.118. The molecular formula is C17H15N3O3. The normalized spacial score (nSPS) is 14.1. The Balaban J connectivity index is 1.67. The van der Waals surface area contributed by atoms with Crippen LogP contribution in [0.1, 0.15) is 5.56 Å². The minimum Gasteiger partial charge on any atom is -0.447 e. The van der Waals surface area contributed by atoms with E-state index in [-0.39, 0.29) is 12.0 Å². The molecule has 0 saturated carbocycles. The van der Waals surface area contributed by atoms with Gasteiger partial charge in [0.25, 0.3) is 0 Å². The first-order valence-corrected chi connectivity index (χ1v) is 7.16. The molecule has 1 fully saturated rings. The van der Waals surface area contributed by atoms with Crippen LogP contribution >= 0.6 is 0 Å². The summed E-state index contributed by atoms with van der Waals surface area (Å²) < 4.78 is 4.91. The summed E-state index contributed by atoms with van der Waals surface area (Å²) in [6, 6.07) is 10.7. The van der Waals surface area contributed by atoms with Gasteiger partial charge < -0.3 is 10.1 Å². The zero-order valence-electron chi connectivity index (χ0n) is 12.3. The molecule has 1 aliphatic heterocycles. The molecule has 1 aromatic carbocycles. The van der Waals surface area contributed by atoms with Crippen LogP contribution in [-0.2, 0) is 9.53 Å². The second kappa shape index (κ2) is 6.74. The second-order valence-electron chi connectivity index (χ2n) is 4.93. The number of cyclic esters (lactones) is 1. The Hall–Kier alpha value is -3.15. The van der Waals surface area contributed by atoms with Crippen molar-refractivity contribution in [2.24, 2.45) is 0 Å². The molecule has 1 saturated heterocycles. The summed E-state index contributed by atoms with van der Waals surface area (Å²) >= 11 is 0. The van der Waals surface area contributed by atoms with Crippen LogP contribution in [0.3, 0.4) is 0 Å². The third-order valence-electron chi connectivity index (χ3n) is 3.30. The van der Waals surface area contributed by atoms with Crippen molar-refractivity contribution < 1.29 is 14.3 Å². The van der Waals surface area contributed by atoms with Gasteiger partial charge in [-0.3, -0.25) is 14.7 Å². The molecule has 1 aliphatic rings. The van der Waals surface area contributed by atoms with Gasteiger partial charge >= 0.3 is 6.09 Å². The SMILES string of the molecule is O=C(/C=C/c1cccnc1)Nc1cccc(N2CCOC2=O)c1. The van der Waals surface area contributed by atoms with Crippen molar-refractivity contribution in [3.8, 4) is 0 Å². The highest BCUT2D eigenvalue weighted by molar-refractivity contribution is 6.02. The number of carbonyl (C=O) groups excluding carboxylic acids is 2. The number of rotatable bonds is 4. The Morgan fingerprint density at radius 1 is 1.30 bits per heavy atom. The minimum absolute atomic E-state index is 0.255. The lowest BCUT2D eigenvalue weighted by atomic mass is 10.2. The molecule has 0 spiro atoms. The average molecular weight is 309 g/mol. The van der Waals surface area contributed by atoms with E-state index in [0.29, 0.717) is 24.5 Å². The summed E-state index contributed by atoms with van der Waals surface area (Å²) in [7, 11) is 0. The van der Waals surface area contributed by atoms with Crippen molar-refractivity contribution >= 4 is 29.5 Å². The van der Waals surface area contributed by atoms with Crippen LogP contribution in [0.2, 0.25) is 0 Å². The highest BCUT2D eigenvalue weighted by Crippen LogP contribution is 2.22. The predicted molar refractivity (Wildman–Crippen MR) is 87.0 cm³/mol. The number of pyridine rings is 1. The number of aromatic nitrogens is 1. The fourth-order valence-electron chi connectivity index (χ4n) is 2.21. The quantitative estimate of drug-likeness (QED) is 0.881. The summed E-state index contributed by atoms with van der Waals surface area (Å²) in [6.07, 6.45) is 6.10. The maximum absolute atomic E-state index is 12.0. The smallest absolute Gasteiger partial charge is 0.414 e. The van der Waals surface area contributed by atoms with Crippen molar-refractivity contribution in [1.82, 2.24) is 4.98 Å². The van der Waals surface area contributed by atoms with Gasteiger partial charge in [0.2, 0.25) is 5.91 Å². The van der Waals surface area contributed by atoms with E-state index in [1.165, 1.54) is 11.0 Å². The molecule has 0 radical (unpaired) electrons. The van der Waals surface area contributed by atoms with Gasteiger partial charge in [-0.2, -0.15) is 0 Å². The fourth-order valence-corrected chi connectivity index (χ4v) is 2.21. The van der Waals surface area contributed by atoms with E-state index < -0.39 is 0 Å². The van der Waals surface area contributed by atoms with E-state index >= 15 is 0 Å². The molecule has 1 N–H and O–H groups in total. The topological polar surface area (TPSA) is 71.5 Å². The van der Waals surface area contributed by atoms with E-state index in [2.05, 4.69) is 10.3 Å². The van der Waals surface area contributed by atoms with Gasteiger partial charge in [0, 0.05) is 29.8 Å². The molecule has 6 heteroatoms. The average Bonchev–Trinajstić information content (AvgIpc) is 3.00. The van der Waals surface area contributed by atoms with Crippen molar-refractivity contribution in [2.45, 2.75) is 0 Å². The summed E-state index contributed by atoms with van der Waals surface area (Å²) in [5.41, 5.74) is 2.15. The maximum Gasteiger partial charge on any atom is 0.414 e. The summed E-state index contributed by atoms with van der Waals surface area (Å²) in [6.45, 7) is 0.889. The van der Waals surface area contributed by atoms with Gasteiger partial charge in [-0.25, -0.2) is 4.79 Å². The number of nitrogens with one attached hydrogen (secondary N) is 1. The highest BCUT2D eigenvalue weighted by Gasteiger charge is 2.23. The molecule has 2 amide bonds. The lowest BCUT2D eigenvalue weighted by Gasteiger charge is -2.13. The summed E-state index contributed by atoms with van der Waals surface area (Å²) in [5, 5.41) is 2.77. The molecule has 3 rings (SSSR count). The molecule has 0 atom stereocenters. The highest BCUT2D eigenvalue weighted by atomic mass is 16.6. The lowest BCUT2D eigenvalue weighted by molar-refractivity contribution is -0.111. The van der Waals surface area contributed by atoms with Gasteiger partial charge in [0.05, 0.1) is 6.54 Å². The molecule has 0 unspecified atom stereocenters. The molecule has 23 heavy (non-hydrogen) atoms. The largest absolute Gasteiger partial charge is 0.447 e. The van der Waals surface area contributed by atoms with Crippen LogP contribution in [-0.4, -0.2) is 30.1 Å². The molecule has 1 aromatic heterocycles. The maximum atomic E-state index is 12.0. The monoisotopic (exact) mass is 309 g/mol. The molecule has 2 aromatic rings. The Bertz CT molecular complexity index is 744. The predicted octanol–water partition coefficient (Wildman–Crippen LogP) is 2.69. The number of benzene rings is 1. The first-order valence-electron chi connectivity index (χ1n) is 7.16. The Morgan fingerprint density at radius 3 is 2.96 bits per heavy atom. The molecule has 2 heterocycles. The lowest BCUT2D eigenvalue weighted by Crippen LogP contribution is -2.23. The van der Waals surface area contributed by atoms with Gasteiger partial charge in [-0.15, -0.1) is 0 Å². The summed E-state index contributed by atoms with van der Waals surface area (Å²) in [5.74, 6) is -0.255. The number of ether oxygens (including phenoxy) is 1. The van der Waals surface area contributed by atoms with Crippen LogP contribution in [0, 0.1) is 0 Å². The molecule has 6 nitrogen and oxygen atoms in total. The van der Waals surface area contributed by atoms with Gasteiger partial charge in [0.1, 0.15) is 6.61 Å². The van der Waals surface area contributed by atoms with E-state index in [9.17, 15) is 9.59 Å². The van der Waals surface area contributed by atoms with Crippen LogP contribution in [0.15, 0.2) is 54.9 Å². The standard InChI is InChI=1S/C17H15N3O3/c21-16(7-6-13-3-2-8-18-12-13)19-14-4-1-5-15(11-14)20-9-10-23-17(20)22/h1-8,11-12H,9-10H2,(H,19,21)/b7-6+. The van der Waals surface area contributed by atoms with Crippen molar-refractivity contribution in [2.75, 3.05) is 23.4 Å². The zero-order chi connectivity index (χ0) is 16.1. The molecule has 116 valence electrons. The number of carbonyl (C=O) groups is 2. The number of hydrogen-bond acceptors (Lipinski definition) is 4. The molecule has 0 bridgehead atoms. The number of anilines is 2. The Morgan fingerprint density at radius 2 is 2.22 bits per heavy atom. The molecule has 0 aliphatic carbocycles. The van der Waals surface area contributed by atoms with Crippen molar-refractivity contribution in [3.05, 3.63) is 60.4 Å². The van der Waals surface area contributed by atoms with E-state index in [0.717, 1.165) is 5.56 Å². The Kier molecular flexibility index (Phi) is 4.33. The van der Waals surface area contributed by atoms with Crippen LogP contribution in [0.25, 0.3) is 6.08 Å². The third-order valence-corrected chi connectivity index (χ3v) is 3.30. The van der Waals surface area contributed by atoms with E-state index in [4.69, 9.17) is 4.74 Å². The van der Waals surface area contributed by atoms with Crippen LogP contribution in [0.5, 0.6) is 0 Å². The first-order chi connectivity index (χ1) is 11.2. The second-order valence-corrected chi connectivity index (χ2v) is 4.93. The van der Waals surface area contributed by atoms with Crippen LogP contribution in [0.4, 0.5) is 16.2 Å². The van der Waals surface area contributed by atoms with Gasteiger partial charge in [0.15, 0.2) is 0 Å². The zero-order valence-corrected chi connectivity index (χ0v) is 12.3. The van der Waals surface area contributed by atoms with Crippen molar-refractivity contribution in [1.29, 1.82) is 0 Å². The number of nitrogens with zero attached hydrogens (tertiary/aromatic N) is 2. The van der Waals surface area contributed by atoms with Crippen molar-refractivity contribution in [3.63, 3.8) is 0 Å². The molecular weight excluding hydrogens is 294 g/mol. The van der Waals surface area contributed by atoms with Crippen LogP contribution < -0.4 is 10.2 Å². The van der Waals surface area contributed by atoms with E-state index in [1.54, 1.807) is 48.8 Å². The number of hydrogen-bond donors (Lipinski definition) is 1.